The molecular weight excluding hydrogens is 318 g/mol. The number of carbonyl (C=O) groups excluding carboxylic acids is 1. The Hall–Kier alpha value is -2.67. The van der Waals surface area contributed by atoms with E-state index in [1.54, 1.807) is 13.1 Å². The zero-order valence-corrected chi connectivity index (χ0v) is 13.3. The molecule has 2 aromatic heterocycles. The summed E-state index contributed by atoms with van der Waals surface area (Å²) in [6.45, 7) is 1.70. The molecule has 8 heteroatoms. The van der Waals surface area contributed by atoms with Gasteiger partial charge in [-0.2, -0.15) is 5.10 Å². The average molecular weight is 332 g/mol. The van der Waals surface area contributed by atoms with Crippen molar-refractivity contribution in [1.29, 1.82) is 0 Å². The fourth-order valence-corrected chi connectivity index (χ4v) is 2.38. The molecule has 0 saturated heterocycles. The van der Waals surface area contributed by atoms with Crippen LogP contribution in [-0.2, 0) is 18.4 Å². The van der Waals surface area contributed by atoms with E-state index in [9.17, 15) is 9.59 Å². The first-order chi connectivity index (χ1) is 11.0. The Morgan fingerprint density at radius 2 is 2.04 bits per heavy atom. The minimum absolute atomic E-state index is 0.173. The molecule has 0 aliphatic carbocycles. The number of nitrogens with zero attached hydrogens (tertiary/aromatic N) is 4. The van der Waals surface area contributed by atoms with Gasteiger partial charge >= 0.3 is 5.69 Å². The first kappa shape index (κ1) is 15.2. The van der Waals surface area contributed by atoms with Gasteiger partial charge in [-0.1, -0.05) is 17.7 Å². The van der Waals surface area contributed by atoms with Gasteiger partial charge in [0.05, 0.1) is 5.52 Å². The van der Waals surface area contributed by atoms with Crippen LogP contribution in [0.3, 0.4) is 0 Å². The molecule has 7 nitrogen and oxygen atoms in total. The molecule has 1 amide bonds. The summed E-state index contributed by atoms with van der Waals surface area (Å²) in [6.07, 6.45) is 1.36. The molecule has 0 aliphatic rings. The highest BCUT2D eigenvalue weighted by atomic mass is 35.5. The van der Waals surface area contributed by atoms with Crippen molar-refractivity contribution in [1.82, 2.24) is 19.3 Å². The molecule has 1 aromatic carbocycles. The van der Waals surface area contributed by atoms with Crippen LogP contribution in [0, 0.1) is 6.92 Å². The third-order valence-electron chi connectivity index (χ3n) is 3.50. The number of benzene rings is 1. The lowest BCUT2D eigenvalue weighted by molar-refractivity contribution is -0.117. The summed E-state index contributed by atoms with van der Waals surface area (Å²) in [6, 6.07) is 7.24. The van der Waals surface area contributed by atoms with Crippen LogP contribution in [0.2, 0.25) is 5.02 Å². The lowest BCUT2D eigenvalue weighted by atomic mass is 10.1. The number of hydrogen-bond donors (Lipinski definition) is 1. The van der Waals surface area contributed by atoms with Crippen LogP contribution >= 0.6 is 11.6 Å². The first-order valence-electron chi connectivity index (χ1n) is 6.90. The number of aromatic nitrogens is 4. The molecule has 118 valence electrons. The minimum Gasteiger partial charge on any atom is -0.309 e. The van der Waals surface area contributed by atoms with E-state index in [4.69, 9.17) is 11.6 Å². The van der Waals surface area contributed by atoms with Crippen LogP contribution in [0.25, 0.3) is 10.9 Å². The maximum absolute atomic E-state index is 12.0. The second-order valence-corrected chi connectivity index (χ2v) is 5.58. The number of nitrogens with one attached hydrogen (secondary N) is 1. The van der Waals surface area contributed by atoms with Crippen molar-refractivity contribution in [2.75, 3.05) is 5.32 Å². The molecule has 2 heterocycles. The van der Waals surface area contributed by atoms with Gasteiger partial charge in [0.2, 0.25) is 5.91 Å². The van der Waals surface area contributed by atoms with Crippen molar-refractivity contribution >= 4 is 34.2 Å². The van der Waals surface area contributed by atoms with Crippen molar-refractivity contribution in [2.24, 2.45) is 7.05 Å². The van der Waals surface area contributed by atoms with E-state index in [1.807, 2.05) is 25.1 Å². The lowest BCUT2D eigenvalue weighted by Crippen LogP contribution is -2.29. The Morgan fingerprint density at radius 1 is 1.30 bits per heavy atom. The van der Waals surface area contributed by atoms with Crippen LogP contribution in [0.5, 0.6) is 0 Å². The minimum atomic E-state index is -0.377. The summed E-state index contributed by atoms with van der Waals surface area (Å²) >= 11 is 6.10. The highest BCUT2D eigenvalue weighted by Crippen LogP contribution is 2.25. The molecule has 3 aromatic rings. The number of amides is 1. The van der Waals surface area contributed by atoms with Gasteiger partial charge in [0.15, 0.2) is 0 Å². The predicted molar refractivity (Wildman–Crippen MR) is 87.6 cm³/mol. The van der Waals surface area contributed by atoms with Crippen LogP contribution < -0.4 is 11.0 Å². The Bertz CT molecular complexity index is 960. The zero-order chi connectivity index (χ0) is 16.6. The third-order valence-corrected chi connectivity index (χ3v) is 3.91. The molecule has 0 saturated carbocycles. The van der Waals surface area contributed by atoms with Gasteiger partial charge < -0.3 is 5.32 Å². The molecule has 23 heavy (non-hydrogen) atoms. The SMILES string of the molecule is Cc1c(Cl)ccc2ccc(NC(=O)Cn3ncn(C)c3=O)nc12. The maximum Gasteiger partial charge on any atom is 0.345 e. The van der Waals surface area contributed by atoms with Crippen molar-refractivity contribution in [3.63, 3.8) is 0 Å². The topological polar surface area (TPSA) is 81.8 Å². The van der Waals surface area contributed by atoms with Gasteiger partial charge in [-0.05, 0) is 30.7 Å². The second kappa shape index (κ2) is 5.85. The Balaban J connectivity index is 1.83. The van der Waals surface area contributed by atoms with Crippen LogP contribution in [0.4, 0.5) is 5.82 Å². The summed E-state index contributed by atoms with van der Waals surface area (Å²) in [7, 11) is 1.57. The van der Waals surface area contributed by atoms with E-state index in [0.29, 0.717) is 10.8 Å². The molecule has 3 rings (SSSR count). The Morgan fingerprint density at radius 3 is 2.74 bits per heavy atom. The van der Waals surface area contributed by atoms with Crippen LogP contribution in [0.1, 0.15) is 5.56 Å². The third kappa shape index (κ3) is 2.95. The van der Waals surface area contributed by atoms with Gasteiger partial charge in [-0.15, -0.1) is 0 Å². The number of anilines is 1. The number of pyridine rings is 1. The number of aryl methyl sites for hydroxylation is 2. The van der Waals surface area contributed by atoms with Crippen molar-refractivity contribution in [2.45, 2.75) is 13.5 Å². The first-order valence-corrected chi connectivity index (χ1v) is 7.27. The second-order valence-electron chi connectivity index (χ2n) is 5.17. The molecule has 0 aliphatic heterocycles. The monoisotopic (exact) mass is 331 g/mol. The normalized spacial score (nSPS) is 10.9. The molecule has 0 spiro atoms. The van der Waals surface area contributed by atoms with Gasteiger partial charge in [-0.25, -0.2) is 14.5 Å². The molecule has 0 unspecified atom stereocenters. The number of halogens is 1. The van der Waals surface area contributed by atoms with Gasteiger partial charge in [0.1, 0.15) is 18.7 Å². The van der Waals surface area contributed by atoms with E-state index in [1.165, 1.54) is 10.9 Å². The van der Waals surface area contributed by atoms with E-state index < -0.39 is 0 Å². The molecule has 0 atom stereocenters. The van der Waals surface area contributed by atoms with Crippen LogP contribution in [0.15, 0.2) is 35.4 Å². The zero-order valence-electron chi connectivity index (χ0n) is 12.6. The van der Waals surface area contributed by atoms with E-state index in [-0.39, 0.29) is 18.1 Å². The van der Waals surface area contributed by atoms with Gasteiger partial charge in [0, 0.05) is 17.5 Å². The molecule has 0 radical (unpaired) electrons. The van der Waals surface area contributed by atoms with Gasteiger partial charge in [-0.3, -0.25) is 9.36 Å². The summed E-state index contributed by atoms with van der Waals surface area (Å²) in [5.41, 5.74) is 1.22. The van der Waals surface area contributed by atoms with Gasteiger partial charge in [0.25, 0.3) is 0 Å². The number of hydrogen-bond acceptors (Lipinski definition) is 4. The maximum atomic E-state index is 12.0. The number of rotatable bonds is 3. The van der Waals surface area contributed by atoms with Crippen molar-refractivity contribution in [3.8, 4) is 0 Å². The van der Waals surface area contributed by atoms with E-state index >= 15 is 0 Å². The highest BCUT2D eigenvalue weighted by molar-refractivity contribution is 6.32. The van der Waals surface area contributed by atoms with E-state index in [0.717, 1.165) is 21.1 Å². The summed E-state index contributed by atoms with van der Waals surface area (Å²) < 4.78 is 2.38. The predicted octanol–water partition coefficient (Wildman–Crippen LogP) is 1.73. The summed E-state index contributed by atoms with van der Waals surface area (Å²) in [4.78, 5) is 28.1. The largest absolute Gasteiger partial charge is 0.345 e. The smallest absolute Gasteiger partial charge is 0.309 e. The molecule has 1 N–H and O–H groups in total. The molecule has 0 fully saturated rings. The summed E-state index contributed by atoms with van der Waals surface area (Å²) in [5, 5.41) is 8.06. The quantitative estimate of drug-likeness (QED) is 0.792. The average Bonchev–Trinajstić information content (AvgIpc) is 2.83. The lowest BCUT2D eigenvalue weighted by Gasteiger charge is -2.08. The van der Waals surface area contributed by atoms with Crippen molar-refractivity contribution < 1.29 is 4.79 Å². The molecule has 0 bridgehead atoms. The number of fused-ring (bicyclic) bond motifs is 1. The standard InChI is InChI=1S/C15H14ClN5O2/c1-9-11(16)5-3-10-4-6-12(19-14(9)10)18-13(22)7-21-15(23)20(2)8-17-21/h3-6,8H,7H2,1-2H3,(H,18,19,22). The number of carbonyl (C=O) groups is 1. The fourth-order valence-electron chi connectivity index (χ4n) is 2.22. The van der Waals surface area contributed by atoms with Crippen LogP contribution in [-0.4, -0.2) is 25.2 Å². The highest BCUT2D eigenvalue weighted by Gasteiger charge is 2.10. The molecular formula is C15H14ClN5O2. The Labute approximate surface area is 136 Å². The van der Waals surface area contributed by atoms with Crippen molar-refractivity contribution in [3.05, 3.63) is 51.7 Å². The fraction of sp³-hybridized carbons (Fsp3) is 0.200. The van der Waals surface area contributed by atoms with E-state index in [2.05, 4.69) is 15.4 Å². The summed E-state index contributed by atoms with van der Waals surface area (Å²) in [5.74, 6) is 0.0224. The Kier molecular flexibility index (Phi) is 3.87.